The van der Waals surface area contributed by atoms with Crippen molar-refractivity contribution >= 4 is 5.91 Å². The lowest BCUT2D eigenvalue weighted by Gasteiger charge is -2.33. The van der Waals surface area contributed by atoms with Crippen molar-refractivity contribution < 1.29 is 14.1 Å². The first kappa shape index (κ1) is 17.1. The highest BCUT2D eigenvalue weighted by molar-refractivity contribution is 5.77. The van der Waals surface area contributed by atoms with Crippen molar-refractivity contribution in [3.05, 3.63) is 41.5 Å². The molecule has 1 saturated heterocycles. The lowest BCUT2D eigenvalue weighted by Crippen LogP contribution is -2.38. The van der Waals surface area contributed by atoms with Crippen molar-refractivity contribution in [3.8, 4) is 5.75 Å². The monoisotopic (exact) mass is 355 g/mol. The molecular weight excluding hydrogens is 330 g/mol. The second kappa shape index (κ2) is 7.48. The summed E-state index contributed by atoms with van der Waals surface area (Å²) in [5, 5.41) is 4.12. The molecule has 0 bridgehead atoms. The molecule has 1 atom stereocenters. The van der Waals surface area contributed by atoms with E-state index >= 15 is 0 Å². The number of benzene rings is 1. The standard InChI is InChI=1S/C20H25N3O3/c1-25-17-8-3-2-6-14(17)11-12-18(24)23-13-5-4-7-16(23)20-21-19(22-26-20)15-9-10-15/h2-3,6,8,15-16H,4-5,7,9-13H2,1H3. The molecule has 2 heterocycles. The summed E-state index contributed by atoms with van der Waals surface area (Å²) in [6.45, 7) is 0.760. The molecule has 26 heavy (non-hydrogen) atoms. The van der Waals surface area contributed by atoms with Gasteiger partial charge in [0.2, 0.25) is 11.8 Å². The summed E-state index contributed by atoms with van der Waals surface area (Å²) in [4.78, 5) is 19.4. The molecule has 1 unspecified atom stereocenters. The second-order valence-corrected chi connectivity index (χ2v) is 7.18. The number of methoxy groups -OCH3 is 1. The Bertz CT molecular complexity index is 769. The van der Waals surface area contributed by atoms with E-state index in [1.165, 1.54) is 0 Å². The lowest BCUT2D eigenvalue weighted by molar-refractivity contribution is -0.135. The van der Waals surface area contributed by atoms with Gasteiger partial charge in [0.15, 0.2) is 5.82 Å². The zero-order valence-electron chi connectivity index (χ0n) is 15.2. The third-order valence-corrected chi connectivity index (χ3v) is 5.31. The maximum absolute atomic E-state index is 12.9. The van der Waals surface area contributed by atoms with E-state index in [0.717, 1.165) is 55.8 Å². The first-order valence-corrected chi connectivity index (χ1v) is 9.51. The van der Waals surface area contributed by atoms with Gasteiger partial charge in [0, 0.05) is 18.9 Å². The van der Waals surface area contributed by atoms with E-state index in [0.29, 0.717) is 24.7 Å². The van der Waals surface area contributed by atoms with Crippen molar-refractivity contribution in [2.75, 3.05) is 13.7 Å². The Hall–Kier alpha value is -2.37. The molecule has 1 aromatic carbocycles. The number of para-hydroxylation sites is 1. The fourth-order valence-corrected chi connectivity index (χ4v) is 3.67. The van der Waals surface area contributed by atoms with Crippen LogP contribution in [0.4, 0.5) is 0 Å². The summed E-state index contributed by atoms with van der Waals surface area (Å²) in [7, 11) is 1.66. The third-order valence-electron chi connectivity index (χ3n) is 5.31. The Morgan fingerprint density at radius 2 is 2.12 bits per heavy atom. The van der Waals surface area contributed by atoms with Crippen LogP contribution in [0.2, 0.25) is 0 Å². The number of amides is 1. The minimum Gasteiger partial charge on any atom is -0.496 e. The third kappa shape index (κ3) is 3.59. The Morgan fingerprint density at radius 1 is 1.27 bits per heavy atom. The van der Waals surface area contributed by atoms with Crippen LogP contribution in [-0.2, 0) is 11.2 Å². The van der Waals surface area contributed by atoms with Crippen LogP contribution < -0.4 is 4.74 Å². The van der Waals surface area contributed by atoms with E-state index in [-0.39, 0.29) is 11.9 Å². The molecule has 6 nitrogen and oxygen atoms in total. The Kier molecular flexibility index (Phi) is 4.91. The van der Waals surface area contributed by atoms with Gasteiger partial charge in [-0.3, -0.25) is 4.79 Å². The van der Waals surface area contributed by atoms with Crippen LogP contribution in [0.1, 0.15) is 67.8 Å². The van der Waals surface area contributed by atoms with Gasteiger partial charge in [-0.15, -0.1) is 0 Å². The number of nitrogens with zero attached hydrogens (tertiary/aromatic N) is 3. The molecule has 1 aromatic heterocycles. The van der Waals surface area contributed by atoms with E-state index in [4.69, 9.17) is 9.26 Å². The largest absolute Gasteiger partial charge is 0.496 e. The summed E-state index contributed by atoms with van der Waals surface area (Å²) >= 11 is 0. The fourth-order valence-electron chi connectivity index (χ4n) is 3.67. The SMILES string of the molecule is COc1ccccc1CCC(=O)N1CCCCC1c1nc(C2CC2)no1. The van der Waals surface area contributed by atoms with E-state index in [1.54, 1.807) is 7.11 Å². The summed E-state index contributed by atoms with van der Waals surface area (Å²) in [5.74, 6) is 2.86. The average Bonchev–Trinajstić information content (AvgIpc) is 3.43. The van der Waals surface area contributed by atoms with Gasteiger partial charge in [0.1, 0.15) is 11.8 Å². The van der Waals surface area contributed by atoms with Gasteiger partial charge in [0.05, 0.1) is 7.11 Å². The number of aromatic nitrogens is 2. The number of likely N-dealkylation sites (tertiary alicyclic amines) is 1. The van der Waals surface area contributed by atoms with Gasteiger partial charge in [0.25, 0.3) is 0 Å². The Morgan fingerprint density at radius 3 is 2.92 bits per heavy atom. The van der Waals surface area contributed by atoms with Gasteiger partial charge in [-0.1, -0.05) is 23.4 Å². The van der Waals surface area contributed by atoms with Gasteiger partial charge in [-0.2, -0.15) is 4.98 Å². The number of hydrogen-bond donors (Lipinski definition) is 0. The number of carbonyl (C=O) groups excluding carboxylic acids is 1. The Labute approximate surface area is 153 Å². The average molecular weight is 355 g/mol. The number of hydrogen-bond acceptors (Lipinski definition) is 5. The fraction of sp³-hybridized carbons (Fsp3) is 0.550. The normalized spacial score (nSPS) is 20.2. The van der Waals surface area contributed by atoms with Gasteiger partial charge < -0.3 is 14.2 Å². The Balaban J connectivity index is 1.44. The molecular formula is C20H25N3O3. The molecule has 4 rings (SSSR count). The number of carbonyl (C=O) groups is 1. The molecule has 138 valence electrons. The van der Waals surface area contributed by atoms with Crippen LogP contribution in [0.3, 0.4) is 0 Å². The quantitative estimate of drug-likeness (QED) is 0.791. The van der Waals surface area contributed by atoms with Crippen molar-refractivity contribution in [1.82, 2.24) is 15.0 Å². The number of ether oxygens (including phenoxy) is 1. The molecule has 1 aliphatic carbocycles. The number of piperidine rings is 1. The smallest absolute Gasteiger partial charge is 0.249 e. The topological polar surface area (TPSA) is 68.5 Å². The summed E-state index contributed by atoms with van der Waals surface area (Å²) in [5.41, 5.74) is 1.06. The maximum Gasteiger partial charge on any atom is 0.249 e. The minimum absolute atomic E-state index is 0.0751. The van der Waals surface area contributed by atoms with E-state index in [2.05, 4.69) is 10.1 Å². The highest BCUT2D eigenvalue weighted by Gasteiger charge is 2.34. The minimum atomic E-state index is -0.0751. The van der Waals surface area contributed by atoms with Crippen molar-refractivity contribution in [1.29, 1.82) is 0 Å². The highest BCUT2D eigenvalue weighted by Crippen LogP contribution is 2.39. The summed E-state index contributed by atoms with van der Waals surface area (Å²) < 4.78 is 10.9. The molecule has 1 aliphatic heterocycles. The van der Waals surface area contributed by atoms with Crippen LogP contribution in [0.25, 0.3) is 0 Å². The zero-order chi connectivity index (χ0) is 17.9. The summed E-state index contributed by atoms with van der Waals surface area (Å²) in [6, 6.07) is 7.79. The maximum atomic E-state index is 12.9. The molecule has 0 N–H and O–H groups in total. The predicted octanol–water partition coefficient (Wildman–Crippen LogP) is 3.64. The molecule has 1 amide bonds. The van der Waals surface area contributed by atoms with Crippen LogP contribution in [-0.4, -0.2) is 34.6 Å². The van der Waals surface area contributed by atoms with E-state index in [9.17, 15) is 4.79 Å². The molecule has 2 aliphatic rings. The zero-order valence-corrected chi connectivity index (χ0v) is 15.2. The molecule has 0 radical (unpaired) electrons. The molecule has 0 spiro atoms. The lowest BCUT2D eigenvalue weighted by atomic mass is 10.0. The first-order chi connectivity index (χ1) is 12.8. The van der Waals surface area contributed by atoms with Crippen molar-refractivity contribution in [3.63, 3.8) is 0 Å². The first-order valence-electron chi connectivity index (χ1n) is 9.51. The van der Waals surface area contributed by atoms with Crippen LogP contribution in [0.5, 0.6) is 5.75 Å². The predicted molar refractivity (Wildman–Crippen MR) is 95.9 cm³/mol. The highest BCUT2D eigenvalue weighted by atomic mass is 16.5. The van der Waals surface area contributed by atoms with E-state index < -0.39 is 0 Å². The second-order valence-electron chi connectivity index (χ2n) is 7.18. The molecule has 1 saturated carbocycles. The van der Waals surface area contributed by atoms with Crippen molar-refractivity contribution in [2.45, 2.75) is 56.9 Å². The van der Waals surface area contributed by atoms with Gasteiger partial charge >= 0.3 is 0 Å². The van der Waals surface area contributed by atoms with E-state index in [1.807, 2.05) is 29.2 Å². The van der Waals surface area contributed by atoms with Crippen LogP contribution in [0.15, 0.2) is 28.8 Å². The summed E-state index contributed by atoms with van der Waals surface area (Å²) in [6.07, 6.45) is 6.43. The number of aryl methyl sites for hydroxylation is 1. The molecule has 6 heteroatoms. The van der Waals surface area contributed by atoms with Crippen LogP contribution in [0, 0.1) is 0 Å². The van der Waals surface area contributed by atoms with Crippen molar-refractivity contribution in [2.24, 2.45) is 0 Å². The molecule has 2 aromatic rings. The molecule has 2 fully saturated rings. The van der Waals surface area contributed by atoms with Gasteiger partial charge in [-0.05, 0) is 50.2 Å². The van der Waals surface area contributed by atoms with Crippen LogP contribution >= 0.6 is 0 Å². The number of rotatable bonds is 6. The van der Waals surface area contributed by atoms with Gasteiger partial charge in [-0.25, -0.2) is 0 Å².